The molecule has 1 N–H and O–H groups in total. The molecule has 4 nitrogen and oxygen atoms in total. The third-order valence-corrected chi connectivity index (χ3v) is 4.26. The van der Waals surface area contributed by atoms with Crippen molar-refractivity contribution in [3.63, 3.8) is 0 Å². The van der Waals surface area contributed by atoms with E-state index in [-0.39, 0.29) is 0 Å². The topological polar surface area (TPSA) is 42.2 Å². The minimum Gasteiger partial charge on any atom is -0.369 e. The second kappa shape index (κ2) is 5.98. The molecule has 0 saturated carbocycles. The Bertz CT molecular complexity index is 794. The molecule has 0 radical (unpaired) electrons. The Morgan fingerprint density at radius 2 is 2.33 bits per heavy atom. The van der Waals surface area contributed by atoms with Gasteiger partial charge in [-0.3, -0.25) is 9.38 Å². The van der Waals surface area contributed by atoms with Gasteiger partial charge in [-0.05, 0) is 18.6 Å². The number of anilines is 1. The van der Waals surface area contributed by atoms with Gasteiger partial charge in [-0.1, -0.05) is 19.3 Å². The molecule has 106 valence electrons. The van der Waals surface area contributed by atoms with Crippen molar-refractivity contribution in [3.8, 4) is 22.9 Å². The third-order valence-electron chi connectivity index (χ3n) is 3.23. The Balaban J connectivity index is 2.07. The highest BCUT2D eigenvalue weighted by atomic mass is 32.1. The Kier molecular flexibility index (Phi) is 3.89. The lowest BCUT2D eigenvalue weighted by atomic mass is 10.3. The molecule has 0 amide bonds. The molecule has 0 aromatic carbocycles. The molecule has 3 aromatic heterocycles. The van der Waals surface area contributed by atoms with Crippen molar-refractivity contribution in [3.05, 3.63) is 35.6 Å². The molecule has 3 aromatic rings. The molecule has 0 atom stereocenters. The molecule has 3 heterocycles. The average Bonchev–Trinajstić information content (AvgIpc) is 3.12. The second-order valence-electron chi connectivity index (χ2n) is 4.70. The van der Waals surface area contributed by atoms with E-state index < -0.39 is 0 Å². The normalized spacial score (nSPS) is 10.7. The van der Waals surface area contributed by atoms with Crippen molar-refractivity contribution in [1.82, 2.24) is 14.4 Å². The van der Waals surface area contributed by atoms with Gasteiger partial charge in [0.15, 0.2) is 5.65 Å². The average molecular weight is 296 g/mol. The van der Waals surface area contributed by atoms with Crippen molar-refractivity contribution < 1.29 is 0 Å². The van der Waals surface area contributed by atoms with Crippen LogP contribution in [0.25, 0.3) is 16.2 Å². The van der Waals surface area contributed by atoms with E-state index in [0.717, 1.165) is 46.3 Å². The molecule has 0 aliphatic heterocycles. The van der Waals surface area contributed by atoms with Crippen LogP contribution in [0.3, 0.4) is 0 Å². The molecule has 0 aliphatic rings. The van der Waals surface area contributed by atoms with Gasteiger partial charge in [0.2, 0.25) is 0 Å². The summed E-state index contributed by atoms with van der Waals surface area (Å²) in [6, 6.07) is 3.98. The molecule has 0 saturated heterocycles. The fourth-order valence-electron chi connectivity index (χ4n) is 2.17. The molecular weight excluding hydrogens is 280 g/mol. The summed E-state index contributed by atoms with van der Waals surface area (Å²) in [7, 11) is 0. The monoisotopic (exact) mass is 296 g/mol. The lowest BCUT2D eigenvalue weighted by Gasteiger charge is -2.06. The largest absolute Gasteiger partial charge is 0.369 e. The number of nitrogens with zero attached hydrogens (tertiary/aromatic N) is 3. The Hall–Kier alpha value is -2.32. The zero-order valence-electron chi connectivity index (χ0n) is 11.8. The highest BCUT2D eigenvalue weighted by Crippen LogP contribution is 2.33. The van der Waals surface area contributed by atoms with E-state index in [9.17, 15) is 0 Å². The van der Waals surface area contributed by atoms with Crippen LogP contribution in [0.15, 0.2) is 30.7 Å². The van der Waals surface area contributed by atoms with Crippen molar-refractivity contribution in [2.45, 2.75) is 19.8 Å². The van der Waals surface area contributed by atoms with E-state index >= 15 is 0 Å². The van der Waals surface area contributed by atoms with Crippen LogP contribution < -0.4 is 5.32 Å². The third kappa shape index (κ3) is 2.63. The Morgan fingerprint density at radius 3 is 3.10 bits per heavy atom. The smallest absolute Gasteiger partial charge is 0.157 e. The van der Waals surface area contributed by atoms with Gasteiger partial charge in [0, 0.05) is 18.9 Å². The molecular formula is C16H16N4S. The van der Waals surface area contributed by atoms with E-state index in [4.69, 9.17) is 6.42 Å². The van der Waals surface area contributed by atoms with Gasteiger partial charge in [0.05, 0.1) is 16.0 Å². The standard InChI is InChI=1S/C16H16N4S/c1-3-5-8-18-16-15(13-7-6-12(4-2)21-13)19-14-11-17-9-10-20(14)16/h2,6-7,9-11,18H,3,5,8H2,1H3. The van der Waals surface area contributed by atoms with Gasteiger partial charge < -0.3 is 5.32 Å². The van der Waals surface area contributed by atoms with Gasteiger partial charge in [-0.2, -0.15) is 0 Å². The van der Waals surface area contributed by atoms with Gasteiger partial charge in [0.25, 0.3) is 0 Å². The van der Waals surface area contributed by atoms with E-state index in [0.29, 0.717) is 0 Å². The van der Waals surface area contributed by atoms with Crippen molar-refractivity contribution >= 4 is 22.8 Å². The highest BCUT2D eigenvalue weighted by Gasteiger charge is 2.15. The van der Waals surface area contributed by atoms with Crippen LogP contribution in [0.4, 0.5) is 5.82 Å². The lowest BCUT2D eigenvalue weighted by molar-refractivity contribution is 0.830. The van der Waals surface area contributed by atoms with Gasteiger partial charge in [-0.25, -0.2) is 4.98 Å². The number of unbranched alkanes of at least 4 members (excludes halogenated alkanes) is 1. The number of terminal acetylenes is 1. The fourth-order valence-corrected chi connectivity index (χ4v) is 2.98. The summed E-state index contributed by atoms with van der Waals surface area (Å²) in [5.74, 6) is 3.68. The molecule has 0 unspecified atom stereocenters. The summed E-state index contributed by atoms with van der Waals surface area (Å²) < 4.78 is 2.03. The number of imidazole rings is 1. The van der Waals surface area contributed by atoms with E-state index in [2.05, 4.69) is 28.1 Å². The number of aromatic nitrogens is 3. The van der Waals surface area contributed by atoms with Crippen LogP contribution in [0.5, 0.6) is 0 Å². The van der Waals surface area contributed by atoms with Crippen LogP contribution in [0.2, 0.25) is 0 Å². The number of fused-ring (bicyclic) bond motifs is 1. The maximum Gasteiger partial charge on any atom is 0.157 e. The van der Waals surface area contributed by atoms with Crippen molar-refractivity contribution in [2.75, 3.05) is 11.9 Å². The molecule has 21 heavy (non-hydrogen) atoms. The lowest BCUT2D eigenvalue weighted by Crippen LogP contribution is -2.04. The van der Waals surface area contributed by atoms with E-state index in [1.807, 2.05) is 22.7 Å². The fraction of sp³-hybridized carbons (Fsp3) is 0.250. The zero-order valence-corrected chi connectivity index (χ0v) is 12.7. The highest BCUT2D eigenvalue weighted by molar-refractivity contribution is 7.16. The summed E-state index contributed by atoms with van der Waals surface area (Å²) in [6.45, 7) is 3.10. The number of nitrogens with one attached hydrogen (secondary N) is 1. The first kappa shape index (κ1) is 13.7. The molecule has 5 heteroatoms. The molecule has 3 rings (SSSR count). The first-order valence-corrected chi connectivity index (χ1v) is 7.78. The number of hydrogen-bond donors (Lipinski definition) is 1. The van der Waals surface area contributed by atoms with Crippen LogP contribution in [-0.2, 0) is 0 Å². The van der Waals surface area contributed by atoms with Gasteiger partial charge in [-0.15, -0.1) is 17.8 Å². The summed E-state index contributed by atoms with van der Waals surface area (Å²) in [5, 5.41) is 3.49. The zero-order chi connectivity index (χ0) is 14.7. The van der Waals surface area contributed by atoms with E-state index in [1.54, 1.807) is 23.7 Å². The summed E-state index contributed by atoms with van der Waals surface area (Å²) in [4.78, 5) is 10.8. The first-order chi connectivity index (χ1) is 10.3. The Labute approximate surface area is 127 Å². The summed E-state index contributed by atoms with van der Waals surface area (Å²) in [5.41, 5.74) is 1.77. The number of rotatable bonds is 5. The van der Waals surface area contributed by atoms with Gasteiger partial charge >= 0.3 is 0 Å². The first-order valence-electron chi connectivity index (χ1n) is 6.96. The SMILES string of the molecule is C#Cc1ccc(-c2nc3cnccn3c2NCCCC)s1. The maximum absolute atomic E-state index is 5.46. The molecule has 0 spiro atoms. The van der Waals surface area contributed by atoms with Crippen LogP contribution in [0.1, 0.15) is 24.6 Å². The minimum absolute atomic E-state index is 0.835. The summed E-state index contributed by atoms with van der Waals surface area (Å²) >= 11 is 1.58. The summed E-state index contributed by atoms with van der Waals surface area (Å²) in [6.07, 6.45) is 13.2. The van der Waals surface area contributed by atoms with Gasteiger partial charge in [0.1, 0.15) is 11.5 Å². The van der Waals surface area contributed by atoms with Crippen LogP contribution in [-0.4, -0.2) is 20.9 Å². The van der Waals surface area contributed by atoms with Crippen molar-refractivity contribution in [1.29, 1.82) is 0 Å². The predicted octanol–water partition coefficient (Wildman–Crippen LogP) is 3.65. The van der Waals surface area contributed by atoms with Crippen LogP contribution >= 0.6 is 11.3 Å². The number of thiophene rings is 1. The maximum atomic E-state index is 5.46. The van der Waals surface area contributed by atoms with E-state index in [1.165, 1.54) is 0 Å². The predicted molar refractivity (Wildman–Crippen MR) is 87.6 cm³/mol. The van der Waals surface area contributed by atoms with Crippen molar-refractivity contribution in [2.24, 2.45) is 0 Å². The number of hydrogen-bond acceptors (Lipinski definition) is 4. The minimum atomic E-state index is 0.835. The quantitative estimate of drug-likeness (QED) is 0.577. The Morgan fingerprint density at radius 1 is 1.43 bits per heavy atom. The molecule has 0 fully saturated rings. The van der Waals surface area contributed by atoms with Crippen LogP contribution in [0, 0.1) is 12.3 Å². The second-order valence-corrected chi connectivity index (χ2v) is 5.79. The molecule has 0 aliphatic carbocycles. The molecule has 0 bridgehead atoms.